The lowest BCUT2D eigenvalue weighted by molar-refractivity contribution is 0.405. The minimum atomic E-state index is 0.315. The number of benzene rings is 1. The highest BCUT2D eigenvalue weighted by Crippen LogP contribution is 2.38. The Kier molecular flexibility index (Phi) is 4.48. The molecule has 0 saturated heterocycles. The zero-order chi connectivity index (χ0) is 13.8. The molecule has 1 aromatic heterocycles. The molecule has 1 fully saturated rings. The fourth-order valence-corrected chi connectivity index (χ4v) is 4.25. The summed E-state index contributed by atoms with van der Waals surface area (Å²) in [5.74, 6) is 2.63. The van der Waals surface area contributed by atoms with Gasteiger partial charge >= 0.3 is 0 Å². The Balaban J connectivity index is 1.61. The monoisotopic (exact) mass is 287 g/mol. The molecule has 1 aromatic carbocycles. The summed E-state index contributed by atoms with van der Waals surface area (Å²) >= 11 is 1.94. The van der Waals surface area contributed by atoms with Crippen LogP contribution in [0.25, 0.3) is 0 Å². The Morgan fingerprint density at radius 3 is 2.70 bits per heavy atom. The highest BCUT2D eigenvalue weighted by molar-refractivity contribution is 7.99. The summed E-state index contributed by atoms with van der Waals surface area (Å²) in [6, 6.07) is 15.1. The summed E-state index contributed by atoms with van der Waals surface area (Å²) < 4.78 is 5.41. The smallest absolute Gasteiger partial charge is 0.113 e. The van der Waals surface area contributed by atoms with E-state index in [9.17, 15) is 0 Å². The molecule has 106 valence electrons. The van der Waals surface area contributed by atoms with E-state index in [0.717, 1.165) is 17.9 Å². The van der Waals surface area contributed by atoms with Crippen molar-refractivity contribution < 1.29 is 4.42 Å². The molecule has 3 atom stereocenters. The quantitative estimate of drug-likeness (QED) is 0.917. The number of thioether (sulfide) groups is 1. The maximum atomic E-state index is 6.31. The van der Waals surface area contributed by atoms with Crippen LogP contribution < -0.4 is 5.73 Å². The van der Waals surface area contributed by atoms with E-state index in [4.69, 9.17) is 10.2 Å². The van der Waals surface area contributed by atoms with Crippen LogP contribution in [0.4, 0.5) is 0 Å². The maximum Gasteiger partial charge on any atom is 0.113 e. The van der Waals surface area contributed by atoms with Crippen LogP contribution in [-0.2, 0) is 5.75 Å². The summed E-state index contributed by atoms with van der Waals surface area (Å²) in [5.41, 5.74) is 7.77. The molecule has 0 bridgehead atoms. The summed E-state index contributed by atoms with van der Waals surface area (Å²) in [4.78, 5) is 0. The van der Waals surface area contributed by atoms with Crippen molar-refractivity contribution in [2.24, 2.45) is 5.73 Å². The molecule has 3 rings (SSSR count). The van der Waals surface area contributed by atoms with E-state index in [0.29, 0.717) is 17.2 Å². The van der Waals surface area contributed by atoms with Gasteiger partial charge in [-0.1, -0.05) is 30.3 Å². The lowest BCUT2D eigenvalue weighted by Gasteiger charge is -2.34. The van der Waals surface area contributed by atoms with Crippen LogP contribution >= 0.6 is 11.8 Å². The summed E-state index contributed by atoms with van der Waals surface area (Å²) in [6.45, 7) is 0. The van der Waals surface area contributed by atoms with E-state index < -0.39 is 0 Å². The predicted octanol–water partition coefficient (Wildman–Crippen LogP) is 4.18. The van der Waals surface area contributed by atoms with Crippen molar-refractivity contribution >= 4 is 11.8 Å². The third kappa shape index (κ3) is 3.28. The van der Waals surface area contributed by atoms with E-state index in [1.807, 2.05) is 23.9 Å². The maximum absolute atomic E-state index is 6.31. The Hall–Kier alpha value is -1.19. The topological polar surface area (TPSA) is 39.2 Å². The Labute approximate surface area is 124 Å². The van der Waals surface area contributed by atoms with Crippen LogP contribution in [-0.4, -0.2) is 11.3 Å². The van der Waals surface area contributed by atoms with Crippen LogP contribution in [0.2, 0.25) is 0 Å². The first-order valence-corrected chi connectivity index (χ1v) is 8.32. The fourth-order valence-electron chi connectivity index (χ4n) is 2.96. The average Bonchev–Trinajstić information content (AvgIpc) is 3.01. The average molecular weight is 287 g/mol. The number of nitrogens with two attached hydrogens (primary N) is 1. The number of furan rings is 1. The van der Waals surface area contributed by atoms with Crippen LogP contribution in [0.15, 0.2) is 53.1 Å². The third-order valence-electron chi connectivity index (χ3n) is 4.13. The molecule has 0 spiro atoms. The van der Waals surface area contributed by atoms with Gasteiger partial charge in [0.2, 0.25) is 0 Å². The first kappa shape index (κ1) is 13.8. The van der Waals surface area contributed by atoms with Crippen molar-refractivity contribution in [3.05, 3.63) is 60.1 Å². The minimum Gasteiger partial charge on any atom is -0.468 e. The molecule has 1 aliphatic carbocycles. The molecule has 1 saturated carbocycles. The number of hydrogen-bond acceptors (Lipinski definition) is 3. The first-order valence-electron chi connectivity index (χ1n) is 7.27. The van der Waals surface area contributed by atoms with Gasteiger partial charge in [-0.3, -0.25) is 0 Å². The van der Waals surface area contributed by atoms with Crippen LogP contribution in [0, 0.1) is 0 Å². The van der Waals surface area contributed by atoms with Gasteiger partial charge < -0.3 is 10.2 Å². The molecule has 2 aromatic rings. The summed E-state index contributed by atoms with van der Waals surface area (Å²) in [7, 11) is 0. The second-order valence-corrected chi connectivity index (χ2v) is 6.74. The van der Waals surface area contributed by atoms with Gasteiger partial charge in [0, 0.05) is 11.3 Å². The first-order chi connectivity index (χ1) is 9.83. The van der Waals surface area contributed by atoms with Gasteiger partial charge in [-0.25, -0.2) is 0 Å². The van der Waals surface area contributed by atoms with Gasteiger partial charge in [0.25, 0.3) is 0 Å². The van der Waals surface area contributed by atoms with E-state index in [1.54, 1.807) is 6.26 Å². The molecule has 20 heavy (non-hydrogen) atoms. The molecule has 0 amide bonds. The van der Waals surface area contributed by atoms with E-state index in [2.05, 4.69) is 30.3 Å². The highest BCUT2D eigenvalue weighted by Gasteiger charge is 2.29. The molecule has 0 aliphatic heterocycles. The van der Waals surface area contributed by atoms with E-state index in [-0.39, 0.29) is 0 Å². The van der Waals surface area contributed by atoms with Crippen molar-refractivity contribution in [3.63, 3.8) is 0 Å². The normalized spacial score (nSPS) is 26.6. The van der Waals surface area contributed by atoms with Crippen LogP contribution in [0.1, 0.15) is 36.5 Å². The van der Waals surface area contributed by atoms with Crippen LogP contribution in [0.3, 0.4) is 0 Å². The molecule has 1 aliphatic rings. The van der Waals surface area contributed by atoms with Crippen molar-refractivity contribution in [3.8, 4) is 0 Å². The van der Waals surface area contributed by atoms with Gasteiger partial charge in [-0.2, -0.15) is 0 Å². The molecule has 0 radical (unpaired) electrons. The van der Waals surface area contributed by atoms with Crippen LogP contribution in [0.5, 0.6) is 0 Å². The molecule has 2 N–H and O–H groups in total. The van der Waals surface area contributed by atoms with Crippen molar-refractivity contribution in [2.45, 2.75) is 42.2 Å². The Morgan fingerprint density at radius 1 is 1.10 bits per heavy atom. The molecular formula is C17H21NOS. The lowest BCUT2D eigenvalue weighted by Crippen LogP contribution is -2.37. The zero-order valence-corrected chi connectivity index (χ0v) is 12.4. The molecule has 3 heteroatoms. The molecule has 3 unspecified atom stereocenters. The third-order valence-corrected chi connectivity index (χ3v) is 5.55. The Bertz CT molecular complexity index is 511. The van der Waals surface area contributed by atoms with Gasteiger partial charge in [0.05, 0.1) is 12.0 Å². The highest BCUT2D eigenvalue weighted by atomic mass is 32.2. The van der Waals surface area contributed by atoms with Crippen molar-refractivity contribution in [2.75, 3.05) is 0 Å². The van der Waals surface area contributed by atoms with Crippen molar-refractivity contribution in [1.82, 2.24) is 0 Å². The largest absolute Gasteiger partial charge is 0.468 e. The van der Waals surface area contributed by atoms with Gasteiger partial charge in [0.15, 0.2) is 0 Å². The summed E-state index contributed by atoms with van der Waals surface area (Å²) in [5, 5.41) is 0.527. The van der Waals surface area contributed by atoms with Gasteiger partial charge in [-0.15, -0.1) is 11.8 Å². The number of hydrogen-bond donors (Lipinski definition) is 1. The van der Waals surface area contributed by atoms with Gasteiger partial charge in [-0.05, 0) is 42.9 Å². The predicted molar refractivity (Wildman–Crippen MR) is 84.8 cm³/mol. The van der Waals surface area contributed by atoms with E-state index in [1.165, 1.54) is 18.4 Å². The lowest BCUT2D eigenvalue weighted by atomic mass is 9.82. The van der Waals surface area contributed by atoms with E-state index >= 15 is 0 Å². The molecule has 2 nitrogen and oxygen atoms in total. The fraction of sp³-hybridized carbons (Fsp3) is 0.412. The van der Waals surface area contributed by atoms with Crippen molar-refractivity contribution in [1.29, 1.82) is 0 Å². The minimum absolute atomic E-state index is 0.315. The second kappa shape index (κ2) is 6.51. The molecular weight excluding hydrogens is 266 g/mol. The second-order valence-electron chi connectivity index (χ2n) is 5.51. The number of rotatable bonds is 4. The zero-order valence-electron chi connectivity index (χ0n) is 11.6. The molecule has 1 heterocycles. The summed E-state index contributed by atoms with van der Waals surface area (Å²) in [6.07, 6.45) is 5.25. The van der Waals surface area contributed by atoms with Gasteiger partial charge in [0.1, 0.15) is 5.76 Å². The Morgan fingerprint density at radius 2 is 1.95 bits per heavy atom. The SMILES string of the molecule is NC1CCC(c2ccccc2)CC1SCc1ccco1. The standard InChI is InChI=1S/C17H21NOS/c18-16-9-8-14(13-5-2-1-3-6-13)11-17(16)20-12-15-7-4-10-19-15/h1-7,10,14,16-17H,8-9,11-12,18H2.